The maximum absolute atomic E-state index is 11.7. The fraction of sp³-hybridized carbons (Fsp3) is 0.684. The number of fused-ring (bicyclic) bond motifs is 1. The van der Waals surface area contributed by atoms with E-state index in [9.17, 15) is 9.59 Å². The Morgan fingerprint density at radius 1 is 1.32 bits per heavy atom. The molecule has 0 radical (unpaired) electrons. The van der Waals surface area contributed by atoms with Crippen LogP contribution in [0.25, 0.3) is 0 Å². The standard InChI is InChI=1S/C19H28O3/c1-12(7-6-8-13(2)19(3,4)5)14-9-10-15-16(11-14)18(21)22-17(15)20/h8-9,12,15-16H,6-7,10-11H2,1-5H3/b13-8+. The maximum Gasteiger partial charge on any atom is 0.317 e. The number of hydrogen-bond acceptors (Lipinski definition) is 3. The van der Waals surface area contributed by atoms with Crippen molar-refractivity contribution in [2.45, 2.75) is 60.3 Å². The summed E-state index contributed by atoms with van der Waals surface area (Å²) in [5, 5.41) is 0. The van der Waals surface area contributed by atoms with Crippen LogP contribution in [0.3, 0.4) is 0 Å². The van der Waals surface area contributed by atoms with E-state index in [0.717, 1.165) is 12.8 Å². The van der Waals surface area contributed by atoms with Gasteiger partial charge in [-0.1, -0.05) is 51.0 Å². The molecule has 3 atom stereocenters. The molecule has 1 heterocycles. The van der Waals surface area contributed by atoms with E-state index in [1.165, 1.54) is 11.1 Å². The van der Waals surface area contributed by atoms with Crippen molar-refractivity contribution >= 4 is 11.9 Å². The number of hydrogen-bond donors (Lipinski definition) is 0. The number of esters is 2. The number of ether oxygens (including phenoxy) is 1. The molecule has 0 N–H and O–H groups in total. The van der Waals surface area contributed by atoms with Crippen LogP contribution in [0.5, 0.6) is 0 Å². The largest absolute Gasteiger partial charge is 0.393 e. The highest BCUT2D eigenvalue weighted by molar-refractivity contribution is 5.96. The lowest BCUT2D eigenvalue weighted by Gasteiger charge is -2.25. The first-order valence-corrected chi connectivity index (χ1v) is 8.32. The maximum atomic E-state index is 11.7. The van der Waals surface area contributed by atoms with Crippen molar-refractivity contribution in [3.8, 4) is 0 Å². The Morgan fingerprint density at radius 3 is 2.59 bits per heavy atom. The molecule has 22 heavy (non-hydrogen) atoms. The first-order valence-electron chi connectivity index (χ1n) is 8.32. The summed E-state index contributed by atoms with van der Waals surface area (Å²) in [4.78, 5) is 23.3. The van der Waals surface area contributed by atoms with Crippen molar-refractivity contribution in [1.29, 1.82) is 0 Å². The normalized spacial score (nSPS) is 27.3. The van der Waals surface area contributed by atoms with E-state index in [1.807, 2.05) is 0 Å². The van der Waals surface area contributed by atoms with Crippen molar-refractivity contribution in [2.24, 2.45) is 23.2 Å². The molecule has 122 valence electrons. The molecule has 2 aliphatic rings. The van der Waals surface area contributed by atoms with Crippen molar-refractivity contribution in [3.05, 3.63) is 23.3 Å². The molecule has 3 nitrogen and oxygen atoms in total. The molecule has 0 bridgehead atoms. The molecule has 0 amide bonds. The first kappa shape index (κ1) is 17.0. The number of allylic oxidation sites excluding steroid dienone is 4. The molecule has 3 unspecified atom stereocenters. The average molecular weight is 304 g/mol. The van der Waals surface area contributed by atoms with Crippen molar-refractivity contribution < 1.29 is 14.3 Å². The Bertz CT molecular complexity index is 519. The molecule has 1 aliphatic heterocycles. The summed E-state index contributed by atoms with van der Waals surface area (Å²) >= 11 is 0. The Hall–Kier alpha value is -1.38. The van der Waals surface area contributed by atoms with Crippen LogP contribution in [0.1, 0.15) is 60.3 Å². The average Bonchev–Trinajstić information content (AvgIpc) is 2.72. The first-order chi connectivity index (χ1) is 10.2. The minimum Gasteiger partial charge on any atom is -0.393 e. The molecule has 3 heteroatoms. The van der Waals surface area contributed by atoms with Gasteiger partial charge in [0, 0.05) is 0 Å². The number of carbonyl (C=O) groups excluding carboxylic acids is 2. The summed E-state index contributed by atoms with van der Waals surface area (Å²) in [6.45, 7) is 11.1. The second-order valence-electron chi connectivity index (χ2n) is 7.79. The summed E-state index contributed by atoms with van der Waals surface area (Å²) in [6, 6.07) is 0. The predicted octanol–water partition coefficient (Wildman–Crippen LogP) is 4.43. The van der Waals surface area contributed by atoms with E-state index in [4.69, 9.17) is 4.74 Å². The molecule has 0 saturated carbocycles. The van der Waals surface area contributed by atoms with E-state index >= 15 is 0 Å². The Balaban J connectivity index is 1.92. The lowest BCUT2D eigenvalue weighted by molar-refractivity contribution is -0.153. The smallest absolute Gasteiger partial charge is 0.317 e. The van der Waals surface area contributed by atoms with E-state index in [-0.39, 0.29) is 29.2 Å². The summed E-state index contributed by atoms with van der Waals surface area (Å²) in [5.74, 6) is -0.667. The Kier molecular flexibility index (Phi) is 4.93. The van der Waals surface area contributed by atoms with Gasteiger partial charge in [-0.3, -0.25) is 9.59 Å². The zero-order chi connectivity index (χ0) is 16.5. The van der Waals surface area contributed by atoms with E-state index < -0.39 is 0 Å². The van der Waals surface area contributed by atoms with Crippen LogP contribution in [0.15, 0.2) is 23.3 Å². The van der Waals surface area contributed by atoms with Gasteiger partial charge in [0.1, 0.15) is 0 Å². The van der Waals surface area contributed by atoms with E-state index in [0.29, 0.717) is 18.8 Å². The molecule has 1 aliphatic carbocycles. The molecular formula is C19H28O3. The third-order valence-corrected chi connectivity index (χ3v) is 5.25. The van der Waals surface area contributed by atoms with Crippen LogP contribution in [0, 0.1) is 23.2 Å². The number of carbonyl (C=O) groups is 2. The van der Waals surface area contributed by atoms with Crippen molar-refractivity contribution in [1.82, 2.24) is 0 Å². The molecule has 1 saturated heterocycles. The number of cyclic esters (lactones) is 2. The van der Waals surface area contributed by atoms with Gasteiger partial charge in [-0.2, -0.15) is 0 Å². The van der Waals surface area contributed by atoms with Crippen LogP contribution >= 0.6 is 0 Å². The van der Waals surface area contributed by atoms with Gasteiger partial charge in [-0.05, 0) is 43.9 Å². The Morgan fingerprint density at radius 2 is 1.95 bits per heavy atom. The summed E-state index contributed by atoms with van der Waals surface area (Å²) < 4.78 is 4.77. The topological polar surface area (TPSA) is 43.4 Å². The molecule has 0 aromatic carbocycles. The summed E-state index contributed by atoms with van der Waals surface area (Å²) in [6.07, 6.45) is 7.98. The van der Waals surface area contributed by atoms with Gasteiger partial charge < -0.3 is 4.74 Å². The quantitative estimate of drug-likeness (QED) is 0.438. The molecule has 1 fully saturated rings. The van der Waals surface area contributed by atoms with E-state index in [2.05, 4.69) is 46.8 Å². The SMILES string of the molecule is C/C(=C\CCC(C)C1=CCC2C(=O)OC(=O)C2C1)C(C)(C)C. The van der Waals surface area contributed by atoms with Crippen molar-refractivity contribution in [2.75, 3.05) is 0 Å². The van der Waals surface area contributed by atoms with Crippen LogP contribution in [0.2, 0.25) is 0 Å². The fourth-order valence-electron chi connectivity index (χ4n) is 3.12. The monoisotopic (exact) mass is 304 g/mol. The minimum atomic E-state index is -0.332. The lowest BCUT2D eigenvalue weighted by atomic mass is 9.77. The Labute approximate surface area is 133 Å². The summed E-state index contributed by atoms with van der Waals surface area (Å²) in [5.41, 5.74) is 2.96. The fourth-order valence-corrected chi connectivity index (χ4v) is 3.12. The molecular weight excluding hydrogens is 276 g/mol. The third kappa shape index (κ3) is 3.68. The highest BCUT2D eigenvalue weighted by atomic mass is 16.6. The van der Waals surface area contributed by atoms with Crippen molar-refractivity contribution in [3.63, 3.8) is 0 Å². The molecule has 0 aromatic rings. The predicted molar refractivity (Wildman–Crippen MR) is 87.0 cm³/mol. The van der Waals surface area contributed by atoms with Gasteiger partial charge in [-0.15, -0.1) is 0 Å². The van der Waals surface area contributed by atoms with Crippen LogP contribution in [-0.2, 0) is 14.3 Å². The summed E-state index contributed by atoms with van der Waals surface area (Å²) in [7, 11) is 0. The third-order valence-electron chi connectivity index (χ3n) is 5.25. The lowest BCUT2D eigenvalue weighted by Crippen LogP contribution is -2.23. The zero-order valence-corrected chi connectivity index (χ0v) is 14.4. The highest BCUT2D eigenvalue weighted by Gasteiger charge is 2.45. The van der Waals surface area contributed by atoms with Crippen LogP contribution in [0.4, 0.5) is 0 Å². The molecule has 2 rings (SSSR count). The van der Waals surface area contributed by atoms with Crippen LogP contribution < -0.4 is 0 Å². The molecule has 0 spiro atoms. The van der Waals surface area contributed by atoms with Gasteiger partial charge in [-0.25, -0.2) is 0 Å². The second-order valence-corrected chi connectivity index (χ2v) is 7.79. The molecule has 0 aromatic heterocycles. The van der Waals surface area contributed by atoms with Crippen LogP contribution in [-0.4, -0.2) is 11.9 Å². The van der Waals surface area contributed by atoms with Gasteiger partial charge >= 0.3 is 11.9 Å². The van der Waals surface area contributed by atoms with Gasteiger partial charge in [0.05, 0.1) is 11.8 Å². The minimum absolute atomic E-state index is 0.230. The van der Waals surface area contributed by atoms with Gasteiger partial charge in [0.15, 0.2) is 0 Å². The van der Waals surface area contributed by atoms with Gasteiger partial charge in [0.25, 0.3) is 0 Å². The zero-order valence-electron chi connectivity index (χ0n) is 14.4. The van der Waals surface area contributed by atoms with E-state index in [1.54, 1.807) is 0 Å². The van der Waals surface area contributed by atoms with Gasteiger partial charge in [0.2, 0.25) is 0 Å². The highest BCUT2D eigenvalue weighted by Crippen LogP contribution is 2.39. The number of rotatable bonds is 4. The second kappa shape index (κ2) is 6.39.